The van der Waals surface area contributed by atoms with E-state index in [0.717, 1.165) is 24.9 Å². The fraction of sp³-hybridized carbons (Fsp3) is 0.364. The average Bonchev–Trinajstić information content (AvgIpc) is 2.13. The second kappa shape index (κ2) is 3.30. The van der Waals surface area contributed by atoms with Gasteiger partial charge in [-0.3, -0.25) is 4.79 Å². The summed E-state index contributed by atoms with van der Waals surface area (Å²) in [6.07, 6.45) is 0.952. The third-order valence-corrected chi connectivity index (χ3v) is 2.63. The van der Waals surface area contributed by atoms with E-state index in [1.807, 2.05) is 18.2 Å². The minimum atomic E-state index is 0.561. The Morgan fingerprint density at radius 3 is 2.69 bits per heavy atom. The third kappa shape index (κ3) is 1.49. The van der Waals surface area contributed by atoms with Crippen LogP contribution in [0.25, 0.3) is 0 Å². The molecule has 0 aliphatic carbocycles. The molecule has 0 radical (unpaired) electrons. The minimum Gasteiger partial charge on any atom is -0.305 e. The van der Waals surface area contributed by atoms with E-state index in [9.17, 15) is 4.79 Å². The smallest absolute Gasteiger partial charge is 0.150 e. The highest BCUT2D eigenvalue weighted by atomic mass is 16.1. The van der Waals surface area contributed by atoms with Crippen molar-refractivity contribution in [2.24, 2.45) is 0 Å². The van der Waals surface area contributed by atoms with Crippen LogP contribution in [-0.4, -0.2) is 31.3 Å². The fourth-order valence-corrected chi connectivity index (χ4v) is 1.89. The Labute approximate surface area is 78.2 Å². The van der Waals surface area contributed by atoms with E-state index in [4.69, 9.17) is 0 Å². The van der Waals surface area contributed by atoms with Crippen LogP contribution in [0.2, 0.25) is 0 Å². The fourth-order valence-electron chi connectivity index (χ4n) is 1.89. The predicted molar refractivity (Wildman–Crippen MR) is 52.1 cm³/mol. The number of rotatable bonds is 2. The molecule has 1 aliphatic rings. The van der Waals surface area contributed by atoms with Crippen LogP contribution in [0, 0.1) is 0 Å². The molecule has 13 heavy (non-hydrogen) atoms. The summed E-state index contributed by atoms with van der Waals surface area (Å²) in [5.74, 6) is 0.561. The molecular weight excluding hydrogens is 162 g/mol. The summed E-state index contributed by atoms with van der Waals surface area (Å²) in [6.45, 7) is 2.15. The van der Waals surface area contributed by atoms with Gasteiger partial charge in [0.15, 0.2) is 0 Å². The molecule has 1 aromatic rings. The molecule has 1 heterocycles. The maximum absolute atomic E-state index is 10.7. The molecule has 0 atom stereocenters. The van der Waals surface area contributed by atoms with E-state index >= 15 is 0 Å². The zero-order valence-electron chi connectivity index (χ0n) is 7.73. The van der Waals surface area contributed by atoms with Gasteiger partial charge in [-0.2, -0.15) is 0 Å². The lowest BCUT2D eigenvalue weighted by Gasteiger charge is -2.37. The first-order valence-corrected chi connectivity index (χ1v) is 4.54. The van der Waals surface area contributed by atoms with Crippen LogP contribution < -0.4 is 0 Å². The van der Waals surface area contributed by atoms with Gasteiger partial charge in [0.1, 0.15) is 6.29 Å². The van der Waals surface area contributed by atoms with Crippen molar-refractivity contribution < 1.29 is 4.79 Å². The van der Waals surface area contributed by atoms with Gasteiger partial charge in [0, 0.05) is 24.6 Å². The lowest BCUT2D eigenvalue weighted by atomic mass is 9.89. The second-order valence-electron chi connectivity index (χ2n) is 3.66. The number of benzene rings is 1. The summed E-state index contributed by atoms with van der Waals surface area (Å²) in [5, 5.41) is 0. The first-order chi connectivity index (χ1) is 6.31. The van der Waals surface area contributed by atoms with E-state index in [0.29, 0.717) is 5.92 Å². The van der Waals surface area contributed by atoms with Gasteiger partial charge < -0.3 is 4.90 Å². The minimum absolute atomic E-state index is 0.561. The van der Waals surface area contributed by atoms with Gasteiger partial charge in [-0.05, 0) is 12.6 Å². The van der Waals surface area contributed by atoms with E-state index in [1.54, 1.807) is 0 Å². The monoisotopic (exact) mass is 175 g/mol. The van der Waals surface area contributed by atoms with Crippen LogP contribution in [0.1, 0.15) is 21.8 Å². The molecular formula is C11H13NO. The number of aldehydes is 1. The first kappa shape index (κ1) is 8.45. The van der Waals surface area contributed by atoms with E-state index in [1.165, 1.54) is 5.56 Å². The molecule has 0 aromatic heterocycles. The number of hydrogen-bond donors (Lipinski definition) is 0. The van der Waals surface area contributed by atoms with Crippen molar-refractivity contribution in [3.63, 3.8) is 0 Å². The summed E-state index contributed by atoms with van der Waals surface area (Å²) in [6, 6.07) is 7.86. The highest BCUT2D eigenvalue weighted by Crippen LogP contribution is 2.27. The quantitative estimate of drug-likeness (QED) is 0.635. The molecule has 68 valence electrons. The van der Waals surface area contributed by atoms with Gasteiger partial charge in [-0.25, -0.2) is 0 Å². The van der Waals surface area contributed by atoms with Crippen molar-refractivity contribution in [1.82, 2.24) is 4.90 Å². The second-order valence-corrected chi connectivity index (χ2v) is 3.66. The Hall–Kier alpha value is -1.15. The molecule has 1 fully saturated rings. The average molecular weight is 175 g/mol. The molecule has 2 nitrogen and oxygen atoms in total. The zero-order valence-corrected chi connectivity index (χ0v) is 7.73. The predicted octanol–water partition coefficient (Wildman–Crippen LogP) is 1.53. The molecule has 0 saturated carbocycles. The van der Waals surface area contributed by atoms with Crippen molar-refractivity contribution in [1.29, 1.82) is 0 Å². The summed E-state index contributed by atoms with van der Waals surface area (Å²) < 4.78 is 0. The molecule has 0 unspecified atom stereocenters. The molecule has 1 aliphatic heterocycles. The van der Waals surface area contributed by atoms with Gasteiger partial charge in [-0.15, -0.1) is 0 Å². The molecule has 0 spiro atoms. The number of carbonyl (C=O) groups excluding carboxylic acids is 1. The van der Waals surface area contributed by atoms with Crippen molar-refractivity contribution in [2.45, 2.75) is 5.92 Å². The van der Waals surface area contributed by atoms with Gasteiger partial charge in [0.05, 0.1) is 0 Å². The summed E-state index contributed by atoms with van der Waals surface area (Å²) in [7, 11) is 2.10. The van der Waals surface area contributed by atoms with Gasteiger partial charge in [0.2, 0.25) is 0 Å². The number of likely N-dealkylation sites (tertiary alicyclic amines) is 1. The van der Waals surface area contributed by atoms with Crippen LogP contribution >= 0.6 is 0 Å². The van der Waals surface area contributed by atoms with Gasteiger partial charge >= 0.3 is 0 Å². The van der Waals surface area contributed by atoms with E-state index < -0.39 is 0 Å². The van der Waals surface area contributed by atoms with Crippen molar-refractivity contribution in [3.05, 3.63) is 35.4 Å². The number of nitrogens with zero attached hydrogens (tertiary/aromatic N) is 1. The first-order valence-electron chi connectivity index (χ1n) is 4.54. The highest BCUT2D eigenvalue weighted by Gasteiger charge is 2.26. The van der Waals surface area contributed by atoms with E-state index in [-0.39, 0.29) is 0 Å². The topological polar surface area (TPSA) is 20.3 Å². The largest absolute Gasteiger partial charge is 0.305 e. The molecule has 2 rings (SSSR count). The molecule has 2 heteroatoms. The Morgan fingerprint density at radius 1 is 1.38 bits per heavy atom. The number of carbonyl (C=O) groups is 1. The molecule has 0 bridgehead atoms. The van der Waals surface area contributed by atoms with Crippen LogP contribution in [-0.2, 0) is 0 Å². The zero-order chi connectivity index (χ0) is 9.26. The Balaban J connectivity index is 2.24. The van der Waals surface area contributed by atoms with Crippen LogP contribution in [0.3, 0.4) is 0 Å². The Kier molecular flexibility index (Phi) is 2.15. The Morgan fingerprint density at radius 2 is 2.08 bits per heavy atom. The highest BCUT2D eigenvalue weighted by molar-refractivity contribution is 5.77. The van der Waals surface area contributed by atoms with Gasteiger partial charge in [0.25, 0.3) is 0 Å². The molecule has 1 saturated heterocycles. The summed E-state index contributed by atoms with van der Waals surface area (Å²) >= 11 is 0. The molecule has 0 N–H and O–H groups in total. The standard InChI is InChI=1S/C11H13NO/c1-12-6-10(7-12)11-5-3-2-4-9(11)8-13/h2-5,8,10H,6-7H2,1H3. The lowest BCUT2D eigenvalue weighted by molar-refractivity contribution is 0.111. The van der Waals surface area contributed by atoms with Crippen molar-refractivity contribution in [3.8, 4) is 0 Å². The Bertz CT molecular complexity index is 316. The van der Waals surface area contributed by atoms with E-state index in [2.05, 4.69) is 18.0 Å². The molecule has 1 aromatic carbocycles. The molecule has 0 amide bonds. The van der Waals surface area contributed by atoms with Crippen LogP contribution in [0.15, 0.2) is 24.3 Å². The van der Waals surface area contributed by atoms with Crippen molar-refractivity contribution in [2.75, 3.05) is 20.1 Å². The maximum Gasteiger partial charge on any atom is 0.150 e. The van der Waals surface area contributed by atoms with Gasteiger partial charge in [-0.1, -0.05) is 24.3 Å². The van der Waals surface area contributed by atoms with Crippen molar-refractivity contribution >= 4 is 6.29 Å². The van der Waals surface area contributed by atoms with Crippen LogP contribution in [0.4, 0.5) is 0 Å². The summed E-state index contributed by atoms with van der Waals surface area (Å²) in [5.41, 5.74) is 2.05. The third-order valence-electron chi connectivity index (χ3n) is 2.63. The SMILES string of the molecule is CN1CC(c2ccccc2C=O)C1. The number of likely N-dealkylation sites (N-methyl/N-ethyl adjacent to an activating group) is 1. The normalized spacial score (nSPS) is 18.2. The lowest BCUT2D eigenvalue weighted by Crippen LogP contribution is -2.42. The summed E-state index contributed by atoms with van der Waals surface area (Å²) in [4.78, 5) is 13.0. The number of hydrogen-bond acceptors (Lipinski definition) is 2. The van der Waals surface area contributed by atoms with Crippen LogP contribution in [0.5, 0.6) is 0 Å². The maximum atomic E-state index is 10.7.